The molecule has 138 heavy (non-hydrogen) atoms. The highest BCUT2D eigenvalue weighted by Crippen LogP contribution is 2.33. The Kier molecular flexibility index (Phi) is 58.1. The maximum atomic E-state index is 12.8. The first-order chi connectivity index (χ1) is 65.5. The Morgan fingerprint density at radius 2 is 0.783 bits per heavy atom. The smallest absolute Gasteiger partial charge is 0.338 e. The zero-order valence-electron chi connectivity index (χ0n) is 76.1. The van der Waals surface area contributed by atoms with E-state index in [0.29, 0.717) is 61.4 Å². The fraction of sp³-hybridized carbons (Fsp3) is 0.204. The number of nitrogen functional groups attached to an aromatic ring is 1. The minimum Gasteiger partial charge on any atom is -0.478 e. The van der Waals surface area contributed by atoms with E-state index < -0.39 is 62.6 Å². The lowest BCUT2D eigenvalue weighted by atomic mass is 10.1. The molecular formula is C98H99Br3ClN9O23S4. The Hall–Kier alpha value is -13.7. The van der Waals surface area contributed by atoms with Gasteiger partial charge in [0.05, 0.1) is 91.3 Å². The molecule has 13 rings (SSSR count). The number of nitrogens with two attached hydrogens (primary N) is 2. The molecule has 4 heterocycles. The van der Waals surface area contributed by atoms with Gasteiger partial charge < -0.3 is 55.6 Å². The number of ether oxygens (including phenoxy) is 6. The van der Waals surface area contributed by atoms with Crippen LogP contribution in [0.2, 0.25) is 0 Å². The number of isothiocyanates is 1. The van der Waals surface area contributed by atoms with E-state index in [9.17, 15) is 76.7 Å². The average molecular weight is 2170 g/mol. The molecule has 7 N–H and O–H groups in total. The Balaban J connectivity index is 0.000000534. The predicted octanol–water partition coefficient (Wildman–Crippen LogP) is 17.0. The van der Waals surface area contributed by atoms with Crippen LogP contribution in [0.25, 0.3) is 0 Å². The summed E-state index contributed by atoms with van der Waals surface area (Å²) in [6.07, 6.45) is 8.10. The van der Waals surface area contributed by atoms with Gasteiger partial charge in [0.25, 0.3) is 0 Å². The number of amides is 7. The van der Waals surface area contributed by atoms with Crippen LogP contribution in [0.15, 0.2) is 277 Å². The molecule has 9 aromatic carbocycles. The van der Waals surface area contributed by atoms with Gasteiger partial charge in [-0.25, -0.2) is 53.1 Å². The topological polar surface area (TPSA) is 459 Å². The van der Waals surface area contributed by atoms with Gasteiger partial charge in [0, 0.05) is 87.4 Å². The average Bonchev–Trinajstić information content (AvgIpc) is 1.67. The van der Waals surface area contributed by atoms with Crippen molar-refractivity contribution in [2.24, 2.45) is 15.7 Å². The summed E-state index contributed by atoms with van der Waals surface area (Å²) in [7, 11) is 9.62. The van der Waals surface area contributed by atoms with Crippen LogP contribution in [-0.2, 0) is 94.0 Å². The Morgan fingerprint density at radius 1 is 0.478 bits per heavy atom. The van der Waals surface area contributed by atoms with Gasteiger partial charge in [-0.15, -0.1) is 12.4 Å². The van der Waals surface area contributed by atoms with Crippen molar-refractivity contribution < 1.29 is 110 Å². The van der Waals surface area contributed by atoms with E-state index in [4.69, 9.17) is 35.3 Å². The zero-order valence-corrected chi connectivity index (χ0v) is 84.9. The maximum Gasteiger partial charge on any atom is 0.338 e. The van der Waals surface area contributed by atoms with Crippen LogP contribution in [0.3, 0.4) is 0 Å². The van der Waals surface area contributed by atoms with Gasteiger partial charge in [0.2, 0.25) is 41.4 Å². The van der Waals surface area contributed by atoms with Gasteiger partial charge in [-0.1, -0.05) is 179 Å². The fourth-order valence-electron chi connectivity index (χ4n) is 10.8. The van der Waals surface area contributed by atoms with Crippen LogP contribution in [-0.4, -0.2) is 184 Å². The summed E-state index contributed by atoms with van der Waals surface area (Å²) in [5, 5.41) is 16.2. The molecule has 9 aromatic rings. The molecular weight excluding hydrogens is 2070 g/mol. The summed E-state index contributed by atoms with van der Waals surface area (Å²) in [5.74, 6) is -6.82. The number of imide groups is 3. The first-order valence-electron chi connectivity index (χ1n) is 40.6. The molecule has 726 valence electrons. The van der Waals surface area contributed by atoms with E-state index in [0.717, 1.165) is 85.8 Å². The maximum absolute atomic E-state index is 12.8. The molecule has 32 nitrogen and oxygen atoms in total. The number of carbonyl (C=O) groups excluding carboxylic acids is 15. The first-order valence-corrected chi connectivity index (χ1v) is 45.4. The third kappa shape index (κ3) is 44.4. The number of halogens is 4. The molecule has 3 unspecified atom stereocenters. The number of nitrogens with one attached hydrogen (secondary N) is 2. The lowest BCUT2D eigenvalue weighted by Gasteiger charge is -2.16. The standard InChI is InChI=1S/C20H19N3O4S.2C12H10BrNO4.C12H11NO5.2C10H12S.C8H9NO2.C7H5NS.C4H2O3.C2H3BrO.CH5N.ClH/c1-21-20(22-14-6-4-3-5-7-14)28-16-12-17(24)23(18(16)25)15-10-8-13(9-11-15)19(26)27-2;2*1-18-12(17)7-2-4-8(5-3-7)14-10(15)6-9(13)11(14)16;1-18-12(17)8-2-4-9(5-3-8)13-10(14)6-7-11(15)16;2*1-2-10(11)8-9-6-4-3-5-7-9;1-11-8(10)6-2-4-7(9)5-3-6;9-6-8-7-4-2-1-3-5-7;5-3-1-2-4(6)7-3;1-2(3)4;1-2;/h3-11,16H,12H2,1-2H3,(H,21,22);2*2-5,9H,6H2,1H3;2-7H,1H3,(H,13,14)(H,15,16);2*3-7H,2,8H2,1H3;2-5H,9H2,1H3;1-5H;1-2H;1H3;2H2,1H3;1H/b;;;7-6-;;;;;;;;. The molecule has 7 amide bonds. The number of thiocarbonyl (C=S) groups is 3. The molecule has 40 heteroatoms. The molecule has 0 bridgehead atoms. The SMILES string of the molecule is CC(=O)Br.CCC(=S)Cc1ccccc1.CCC(=S)Cc1ccccc1.CN.CN=C(Nc1ccccc1)SC1CC(=O)N(c2ccc(C(=O)OC)cc2)C1=O.COC(=O)c1ccc(N)cc1.COC(=O)c1ccc(N2C(=O)CC(Br)C2=O)cc1.COC(=O)c1ccc(N2C(=O)CC(Br)C2=O)cc1.COC(=O)c1ccc(NC(=O)/C=C\C(=O)O)cc1.Cl.O=C1C=CC(=O)O1.S=C=Nc1ccccc1. The molecule has 3 saturated heterocycles. The van der Waals surface area contributed by atoms with E-state index in [1.807, 2.05) is 97.1 Å². The number of para-hydroxylation sites is 2. The van der Waals surface area contributed by atoms with Crippen LogP contribution < -0.4 is 36.8 Å². The van der Waals surface area contributed by atoms with Crippen molar-refractivity contribution in [1.29, 1.82) is 0 Å². The van der Waals surface area contributed by atoms with Crippen molar-refractivity contribution in [2.45, 2.75) is 80.6 Å². The van der Waals surface area contributed by atoms with Crippen molar-refractivity contribution in [1.82, 2.24) is 0 Å². The monoisotopic (exact) mass is 2170 g/mol. The van der Waals surface area contributed by atoms with E-state index in [2.05, 4.69) is 158 Å². The highest BCUT2D eigenvalue weighted by atomic mass is 79.9. The number of aliphatic imine (C=N–C) groups is 2. The molecule has 0 spiro atoms. The number of hydrogen-bond donors (Lipinski definition) is 5. The number of thioether (sulfide) groups is 1. The molecule has 0 aliphatic carbocycles. The quantitative estimate of drug-likeness (QED) is 0.00404. The number of aliphatic carboxylic acids is 1. The number of carboxylic acid groups (broad SMARTS) is 1. The van der Waals surface area contributed by atoms with Crippen LogP contribution in [0, 0.1) is 0 Å². The van der Waals surface area contributed by atoms with Crippen molar-refractivity contribution in [3.05, 3.63) is 306 Å². The van der Waals surface area contributed by atoms with Crippen molar-refractivity contribution >= 4 is 262 Å². The normalized spacial score (nSPS) is 13.7. The third-order valence-corrected chi connectivity index (χ3v) is 21.0. The highest BCUT2D eigenvalue weighted by Gasteiger charge is 2.42. The second-order valence-corrected chi connectivity index (χ2v) is 32.9. The predicted molar refractivity (Wildman–Crippen MR) is 555 cm³/mol. The number of cyclic esters (lactones) is 2. The lowest BCUT2D eigenvalue weighted by Crippen LogP contribution is -2.31. The van der Waals surface area contributed by atoms with Crippen molar-refractivity contribution in [2.75, 3.05) is 80.7 Å². The van der Waals surface area contributed by atoms with Crippen LogP contribution in [0.4, 0.5) is 39.8 Å². The number of benzene rings is 9. The molecule has 0 radical (unpaired) electrons. The van der Waals surface area contributed by atoms with Gasteiger partial charge in [0.15, 0.2) is 9.86 Å². The third-order valence-electron chi connectivity index (χ3n) is 17.5. The Bertz CT molecular complexity index is 5590. The number of esters is 7. The number of methoxy groups -OCH3 is 5. The van der Waals surface area contributed by atoms with Gasteiger partial charge in [-0.2, -0.15) is 4.99 Å². The van der Waals surface area contributed by atoms with E-state index in [1.54, 1.807) is 67.7 Å². The number of nitrogens with zero attached hydrogens (tertiary/aromatic N) is 5. The van der Waals surface area contributed by atoms with Gasteiger partial charge in [-0.3, -0.25) is 43.3 Å². The van der Waals surface area contributed by atoms with Gasteiger partial charge in [-0.05, 0) is 214 Å². The minimum absolute atomic E-state index is 0. The summed E-state index contributed by atoms with van der Waals surface area (Å²) in [6.45, 7) is 5.65. The number of amidine groups is 1. The van der Waals surface area contributed by atoms with Gasteiger partial charge >= 0.3 is 47.8 Å². The molecule has 4 aliphatic heterocycles. The summed E-state index contributed by atoms with van der Waals surface area (Å²) in [6, 6.07) is 70.7. The lowest BCUT2D eigenvalue weighted by molar-refractivity contribution is -0.150. The Labute approximate surface area is 848 Å². The van der Waals surface area contributed by atoms with Crippen LogP contribution in [0.1, 0.15) is 116 Å². The number of hydrogen-bond acceptors (Lipinski definition) is 30. The summed E-state index contributed by atoms with van der Waals surface area (Å²) in [5.41, 5.74) is 18.7. The van der Waals surface area contributed by atoms with E-state index in [-0.39, 0.29) is 77.8 Å². The number of carbonyl (C=O) groups is 16. The van der Waals surface area contributed by atoms with Gasteiger partial charge in [0.1, 0.15) is 14.9 Å². The summed E-state index contributed by atoms with van der Waals surface area (Å²) < 4.78 is 26.8. The zero-order chi connectivity index (χ0) is 102. The Morgan fingerprint density at radius 3 is 1.07 bits per heavy atom. The number of alkyl halides is 2. The second kappa shape index (κ2) is 66.7. The van der Waals surface area contributed by atoms with Crippen LogP contribution in [0.5, 0.6) is 0 Å². The fourth-order valence-corrected chi connectivity index (χ4v) is 13.2. The molecule has 3 fully saturated rings. The number of anilines is 6. The van der Waals surface area contributed by atoms with E-state index in [1.165, 1.54) is 133 Å². The molecule has 0 saturated carbocycles. The largest absolute Gasteiger partial charge is 0.478 e. The second-order valence-electron chi connectivity index (χ2n) is 27.0. The number of rotatable bonds is 20. The summed E-state index contributed by atoms with van der Waals surface area (Å²) in [4.78, 5) is 191. The molecule has 3 atom stereocenters. The molecule has 4 aliphatic rings. The number of carboxylic acids is 1. The first kappa shape index (κ1) is 120. The molecule has 0 aromatic heterocycles. The van der Waals surface area contributed by atoms with Crippen LogP contribution >= 0.6 is 109 Å². The van der Waals surface area contributed by atoms with E-state index >= 15 is 0 Å². The minimum atomic E-state index is -1.20. The van der Waals surface area contributed by atoms with Crippen molar-refractivity contribution in [3.8, 4) is 0 Å². The summed E-state index contributed by atoms with van der Waals surface area (Å²) >= 11 is 24.8. The van der Waals surface area contributed by atoms with Crippen molar-refractivity contribution in [3.63, 3.8) is 0 Å². The highest BCUT2D eigenvalue weighted by molar-refractivity contribution is 9.18.